The average Bonchev–Trinajstić information content (AvgIpc) is 1.63. The largest absolute Gasteiger partial charge is 0.378 e. The Morgan fingerprint density at radius 1 is 0.364 bits per heavy atom. The predicted molar refractivity (Wildman–Crippen MR) is 439 cm³/mol. The van der Waals surface area contributed by atoms with E-state index in [0.29, 0.717) is 168 Å². The summed E-state index contributed by atoms with van der Waals surface area (Å²) >= 11 is 0. The first-order valence-corrected chi connectivity index (χ1v) is 36.9. The molecule has 19 nitrogen and oxygen atoms in total. The minimum atomic E-state index is -0.231. The maximum Gasteiger partial charge on any atom is 0.225 e. The molecular weight excluding hydrogens is 1330 g/mol. The summed E-state index contributed by atoms with van der Waals surface area (Å²) in [6, 6.07) is 65.5. The summed E-state index contributed by atoms with van der Waals surface area (Å²) in [6.45, 7) is 8.59. The molecule has 0 radical (unpaired) electrons. The number of para-hydroxylation sites is 4. The molecule has 6 N–H and O–H groups in total. The molecule has 3 aromatic heterocycles. The second-order valence-corrected chi connectivity index (χ2v) is 28.6. The van der Waals surface area contributed by atoms with E-state index in [1.165, 1.54) is 6.92 Å². The molecule has 1 atom stereocenters. The molecule has 0 spiro atoms. The number of amides is 4. The van der Waals surface area contributed by atoms with Gasteiger partial charge in [0, 0.05) is 253 Å². The lowest BCUT2D eigenvalue weighted by atomic mass is 10.0. The van der Waals surface area contributed by atoms with E-state index in [-0.39, 0.29) is 42.9 Å². The summed E-state index contributed by atoms with van der Waals surface area (Å²) in [7, 11) is 12.3. The van der Waals surface area contributed by atoms with Crippen molar-refractivity contribution in [1.82, 2.24) is 39.5 Å². The Bertz CT molecular complexity index is 5050. The molecule has 0 saturated carbocycles. The number of H-pyrrole nitrogens is 2. The Labute approximate surface area is 626 Å². The van der Waals surface area contributed by atoms with Gasteiger partial charge in [0.05, 0.1) is 22.8 Å². The SMILES string of the molecule is CC(=O)Nc1ccccc1-c1c2nc(c3c4ccc([nH]4)c4c5nc(c(c6ccc1[nH]6)-c1ccccc1NC(=O)CCN(Cc1ccc(N(C)C)cc1)CCN(CCN(Cc1ccc(N(C)C)cc1)CCC(=O)Nc1ccccc1-3)CCN(Cc1ccc(N(C)C)cc1)CCC(=O)Nc1ccccc1-4)C=C5)C=C2. The molecule has 10 aromatic rings. The van der Waals surface area contributed by atoms with Crippen molar-refractivity contribution in [3.05, 3.63) is 234 Å². The molecule has 19 heteroatoms. The van der Waals surface area contributed by atoms with Crippen molar-refractivity contribution in [3.63, 3.8) is 0 Å². The molecule has 4 aliphatic heterocycles. The van der Waals surface area contributed by atoms with Crippen LogP contribution in [0.1, 0.15) is 65.7 Å². The Morgan fingerprint density at radius 3 is 0.963 bits per heavy atom. The first-order valence-electron chi connectivity index (χ1n) is 36.9. The van der Waals surface area contributed by atoms with Gasteiger partial charge in [-0.05, 0) is 126 Å². The number of rotatable bonds is 11. The van der Waals surface area contributed by atoms with E-state index in [1.54, 1.807) is 0 Å². The van der Waals surface area contributed by atoms with E-state index < -0.39 is 0 Å². The normalized spacial score (nSPS) is 15.7. The number of hydrogen-bond donors (Lipinski definition) is 6. The van der Waals surface area contributed by atoms with Crippen LogP contribution in [-0.4, -0.2) is 164 Å². The van der Waals surface area contributed by atoms with Crippen LogP contribution in [0.5, 0.6) is 0 Å². The van der Waals surface area contributed by atoms with E-state index >= 15 is 14.4 Å². The minimum Gasteiger partial charge on any atom is -0.378 e. The third kappa shape index (κ3) is 17.2. The van der Waals surface area contributed by atoms with Crippen molar-refractivity contribution in [3.8, 4) is 44.5 Å². The fourth-order valence-electron chi connectivity index (χ4n) is 14.7. The molecule has 0 saturated heterocycles. The number of hydrogen-bond acceptors (Lipinski definition) is 13. The molecule has 14 rings (SSSR count). The molecular formula is C88H93N15O4. The topological polar surface area (TPSA) is 196 Å². The van der Waals surface area contributed by atoms with Crippen LogP contribution in [0.3, 0.4) is 0 Å². The van der Waals surface area contributed by atoms with Crippen molar-refractivity contribution in [2.24, 2.45) is 0 Å². The highest BCUT2D eigenvalue weighted by Crippen LogP contribution is 2.43. The molecule has 0 aliphatic carbocycles. The summed E-state index contributed by atoms with van der Waals surface area (Å²) < 4.78 is 0. The average molecular weight is 1420 g/mol. The summed E-state index contributed by atoms with van der Waals surface area (Å²) in [5.41, 5.74) is 20.0. The summed E-state index contributed by atoms with van der Waals surface area (Å²) in [4.78, 5) is 93.7. The molecule has 12 bridgehead atoms. The van der Waals surface area contributed by atoms with Crippen LogP contribution in [0, 0.1) is 0 Å². The second kappa shape index (κ2) is 32.7. The van der Waals surface area contributed by atoms with Gasteiger partial charge < -0.3 is 45.9 Å². The van der Waals surface area contributed by atoms with E-state index in [2.05, 4.69) is 138 Å². The predicted octanol–water partition coefficient (Wildman–Crippen LogP) is 15.3. The fraction of sp³-hybridized carbons (Fsp3) is 0.250. The van der Waals surface area contributed by atoms with Crippen LogP contribution in [0.25, 0.3) is 90.9 Å². The van der Waals surface area contributed by atoms with Crippen molar-refractivity contribution in [2.75, 3.05) is 137 Å². The number of nitrogens with zero attached hydrogens (tertiary/aromatic N) is 9. The number of anilines is 7. The van der Waals surface area contributed by atoms with Crippen LogP contribution >= 0.6 is 0 Å². The lowest BCUT2D eigenvalue weighted by molar-refractivity contribution is -0.117. The van der Waals surface area contributed by atoms with Gasteiger partial charge in [-0.15, -0.1) is 0 Å². The standard InChI is InChI=1S/C88H93N15O4/c1-59(104)89-70-20-12-8-16-66(70)85-74-36-38-76(90-74)86-67-17-9-13-21-71(67)94-82(105)44-47-101(56-60-24-30-63(31-25-60)97(2)3)53-50-100-51-54-102(57-61-26-32-64(33-27-61)98(4)5)48-45-83(106)95-72-22-14-10-18-68(72)87(77-39-37-75(85)91-77)79-41-43-81(93-79)88(80-42-40-78(86)92-80)69-19-11-15-23-73(69)96-84(107)46-49-103(55-52-100)58-62-28-34-65(35-29-62)99(6)7/h8-43,90,93H,44-58H2,1-7H3,(H,89,104)(H,94,105)(H,95,106)(H,96,107). The van der Waals surface area contributed by atoms with Gasteiger partial charge in [-0.1, -0.05) is 109 Å². The minimum absolute atomic E-state index is 0.133. The lowest BCUT2D eigenvalue weighted by Crippen LogP contribution is -2.44. The number of carbonyl (C=O) groups excluding carboxylic acids is 4. The van der Waals surface area contributed by atoms with Crippen LogP contribution in [0.15, 0.2) is 194 Å². The molecule has 4 amide bonds. The van der Waals surface area contributed by atoms with Gasteiger partial charge in [0.1, 0.15) is 0 Å². The molecule has 544 valence electrons. The molecule has 1 unspecified atom stereocenters. The molecule has 4 aliphatic rings. The number of aromatic amines is 2. The van der Waals surface area contributed by atoms with Gasteiger partial charge in [-0.25, -0.2) is 9.97 Å². The van der Waals surface area contributed by atoms with Gasteiger partial charge in [0.15, 0.2) is 0 Å². The maximum atomic E-state index is 15.2. The van der Waals surface area contributed by atoms with E-state index in [1.807, 2.05) is 188 Å². The van der Waals surface area contributed by atoms with Crippen LogP contribution in [0.4, 0.5) is 39.8 Å². The van der Waals surface area contributed by atoms with Gasteiger partial charge >= 0.3 is 0 Å². The Balaban J connectivity index is 1.02. The Morgan fingerprint density at radius 2 is 0.654 bits per heavy atom. The molecule has 7 heterocycles. The zero-order valence-corrected chi connectivity index (χ0v) is 62.0. The lowest BCUT2D eigenvalue weighted by Gasteiger charge is -2.32. The van der Waals surface area contributed by atoms with E-state index in [0.717, 1.165) is 56.0 Å². The molecule has 0 fully saturated rings. The first-order chi connectivity index (χ1) is 52.0. The number of aromatic nitrogens is 4. The van der Waals surface area contributed by atoms with Gasteiger partial charge in [-0.3, -0.25) is 38.8 Å². The highest BCUT2D eigenvalue weighted by Gasteiger charge is 2.26. The molecule has 107 heavy (non-hydrogen) atoms. The van der Waals surface area contributed by atoms with Crippen molar-refractivity contribution in [2.45, 2.75) is 45.8 Å². The number of carbonyl (C=O) groups is 4. The monoisotopic (exact) mass is 1420 g/mol. The highest BCUT2D eigenvalue weighted by atomic mass is 16.2. The summed E-state index contributed by atoms with van der Waals surface area (Å²) in [5.74, 6) is -0.654. The summed E-state index contributed by atoms with van der Waals surface area (Å²) in [6.07, 6.45) is 8.62. The Kier molecular flexibility index (Phi) is 22.1. The maximum absolute atomic E-state index is 15.2. The first kappa shape index (κ1) is 72.2. The quantitative estimate of drug-likeness (QED) is 0.0716. The third-order valence-corrected chi connectivity index (χ3v) is 20.4. The van der Waals surface area contributed by atoms with Gasteiger partial charge in [0.2, 0.25) is 23.6 Å². The van der Waals surface area contributed by atoms with Crippen molar-refractivity contribution >= 4 is 110 Å². The van der Waals surface area contributed by atoms with E-state index in [4.69, 9.17) is 9.97 Å². The number of benzene rings is 7. The smallest absolute Gasteiger partial charge is 0.225 e. The fourth-order valence-corrected chi connectivity index (χ4v) is 14.7. The van der Waals surface area contributed by atoms with Crippen molar-refractivity contribution < 1.29 is 19.2 Å². The summed E-state index contributed by atoms with van der Waals surface area (Å²) in [5, 5.41) is 13.4. The van der Waals surface area contributed by atoms with E-state index in [9.17, 15) is 4.79 Å². The van der Waals surface area contributed by atoms with Crippen LogP contribution < -0.4 is 36.0 Å². The number of fused-ring (bicyclic) bond motifs is 17. The van der Waals surface area contributed by atoms with Crippen LogP contribution in [-0.2, 0) is 38.8 Å². The number of nitrogens with one attached hydrogen (secondary N) is 6. The Hall–Kier alpha value is -11.7. The second-order valence-electron chi connectivity index (χ2n) is 28.6. The van der Waals surface area contributed by atoms with Gasteiger partial charge in [0.25, 0.3) is 0 Å². The zero-order valence-electron chi connectivity index (χ0n) is 62.0. The zero-order chi connectivity index (χ0) is 74.1. The molecule has 7 aromatic carbocycles. The van der Waals surface area contributed by atoms with Crippen LogP contribution in [0.2, 0.25) is 0 Å². The van der Waals surface area contributed by atoms with Gasteiger partial charge in [-0.2, -0.15) is 0 Å². The van der Waals surface area contributed by atoms with Crippen molar-refractivity contribution in [1.29, 1.82) is 0 Å². The third-order valence-electron chi connectivity index (χ3n) is 20.4. The highest BCUT2D eigenvalue weighted by molar-refractivity contribution is 6.07.